The highest BCUT2D eigenvalue weighted by atomic mass is 16.5. The number of fused-ring (bicyclic) bond motifs is 5. The lowest BCUT2D eigenvalue weighted by Gasteiger charge is -2.24. The van der Waals surface area contributed by atoms with E-state index in [2.05, 4.69) is 112 Å². The fraction of sp³-hybridized carbons (Fsp3) is 0.250. The van der Waals surface area contributed by atoms with E-state index in [1.54, 1.807) is 0 Å². The number of benzene rings is 5. The lowest BCUT2D eigenvalue weighted by atomic mass is 9.80. The van der Waals surface area contributed by atoms with Crippen LogP contribution in [0.5, 0.6) is 0 Å². The lowest BCUT2D eigenvalue weighted by Crippen LogP contribution is -2.11. The van der Waals surface area contributed by atoms with Crippen molar-refractivity contribution in [1.29, 1.82) is 0 Å². The molecule has 0 aliphatic rings. The molecule has 0 saturated heterocycles. The van der Waals surface area contributed by atoms with Crippen molar-refractivity contribution >= 4 is 38.3 Å². The van der Waals surface area contributed by atoms with Crippen LogP contribution in [0.1, 0.15) is 51.2 Å². The SMILES string of the molecule is C=CC(=O)OCCCCCc1ccc(-c2cc3c4ccccc4c(C(C)(C)C)cc3c3ccccc23)cc1. The van der Waals surface area contributed by atoms with E-state index in [0.717, 1.165) is 25.7 Å². The summed E-state index contributed by atoms with van der Waals surface area (Å²) in [5.41, 5.74) is 5.30. The van der Waals surface area contributed by atoms with Gasteiger partial charge in [-0.25, -0.2) is 4.79 Å². The third-order valence-electron chi connectivity index (χ3n) is 7.48. The number of hydrogen-bond acceptors (Lipinski definition) is 2. The third-order valence-corrected chi connectivity index (χ3v) is 7.48. The van der Waals surface area contributed by atoms with E-state index < -0.39 is 0 Å². The molecule has 2 nitrogen and oxygen atoms in total. The maximum Gasteiger partial charge on any atom is 0.330 e. The number of carbonyl (C=O) groups is 1. The Kier molecular flexibility index (Phi) is 7.33. The maximum absolute atomic E-state index is 11.1. The molecular formula is C36H36O2. The first-order valence-corrected chi connectivity index (χ1v) is 13.6. The summed E-state index contributed by atoms with van der Waals surface area (Å²) in [4.78, 5) is 11.1. The van der Waals surface area contributed by atoms with Gasteiger partial charge in [0.05, 0.1) is 6.61 Å². The molecule has 0 aliphatic heterocycles. The number of esters is 1. The molecule has 5 aromatic rings. The summed E-state index contributed by atoms with van der Waals surface area (Å²) in [6.45, 7) is 10.8. The second-order valence-electron chi connectivity index (χ2n) is 11.2. The molecule has 0 fully saturated rings. The highest BCUT2D eigenvalue weighted by Gasteiger charge is 2.20. The van der Waals surface area contributed by atoms with E-state index in [1.807, 2.05) is 0 Å². The van der Waals surface area contributed by atoms with Crippen LogP contribution in [-0.2, 0) is 21.4 Å². The molecule has 0 spiro atoms. The van der Waals surface area contributed by atoms with E-state index in [0.29, 0.717) is 6.61 Å². The van der Waals surface area contributed by atoms with Gasteiger partial charge in [0, 0.05) is 6.08 Å². The second kappa shape index (κ2) is 10.8. The normalized spacial score (nSPS) is 11.8. The Bertz CT molecular complexity index is 1620. The Labute approximate surface area is 225 Å². The predicted octanol–water partition coefficient (Wildman–Crippen LogP) is 9.55. The molecule has 0 aliphatic carbocycles. The van der Waals surface area contributed by atoms with Gasteiger partial charge in [-0.1, -0.05) is 100 Å². The van der Waals surface area contributed by atoms with Crippen LogP contribution in [0.3, 0.4) is 0 Å². The minimum Gasteiger partial charge on any atom is -0.463 e. The summed E-state index contributed by atoms with van der Waals surface area (Å²) in [5, 5.41) is 7.88. The number of aryl methyl sites for hydroxylation is 1. The molecule has 192 valence electrons. The molecule has 0 heterocycles. The van der Waals surface area contributed by atoms with Crippen LogP contribution in [0.25, 0.3) is 43.4 Å². The fourth-order valence-electron chi connectivity index (χ4n) is 5.50. The second-order valence-corrected chi connectivity index (χ2v) is 11.2. The molecule has 0 saturated carbocycles. The summed E-state index contributed by atoms with van der Waals surface area (Å²) in [6, 6.07) is 31.5. The minimum atomic E-state index is -0.343. The number of unbranched alkanes of at least 4 members (excludes halogenated alkanes) is 2. The van der Waals surface area contributed by atoms with Gasteiger partial charge in [-0.2, -0.15) is 0 Å². The summed E-state index contributed by atoms with van der Waals surface area (Å²) >= 11 is 0. The molecule has 38 heavy (non-hydrogen) atoms. The minimum absolute atomic E-state index is 0.0550. The number of rotatable bonds is 8. The van der Waals surface area contributed by atoms with E-state index in [4.69, 9.17) is 4.74 Å². The molecule has 2 heteroatoms. The van der Waals surface area contributed by atoms with E-state index in [9.17, 15) is 4.79 Å². The molecule has 0 aromatic heterocycles. The molecule has 0 unspecified atom stereocenters. The van der Waals surface area contributed by atoms with Crippen molar-refractivity contribution in [1.82, 2.24) is 0 Å². The topological polar surface area (TPSA) is 26.3 Å². The predicted molar refractivity (Wildman–Crippen MR) is 162 cm³/mol. The number of ether oxygens (including phenoxy) is 1. The number of carbonyl (C=O) groups excluding carboxylic acids is 1. The van der Waals surface area contributed by atoms with Crippen molar-refractivity contribution in [3.8, 4) is 11.1 Å². The average molecular weight is 501 g/mol. The zero-order valence-corrected chi connectivity index (χ0v) is 22.7. The van der Waals surface area contributed by atoms with Crippen LogP contribution < -0.4 is 0 Å². The number of hydrogen-bond donors (Lipinski definition) is 0. The smallest absolute Gasteiger partial charge is 0.330 e. The van der Waals surface area contributed by atoms with Gasteiger partial charge < -0.3 is 4.74 Å². The van der Waals surface area contributed by atoms with E-state index >= 15 is 0 Å². The highest BCUT2D eigenvalue weighted by molar-refractivity contribution is 6.21. The summed E-state index contributed by atoms with van der Waals surface area (Å²) in [6.07, 6.45) is 5.23. The van der Waals surface area contributed by atoms with Gasteiger partial charge in [0.25, 0.3) is 0 Å². The molecule has 0 amide bonds. The van der Waals surface area contributed by atoms with Crippen LogP contribution in [0.15, 0.2) is 97.6 Å². The van der Waals surface area contributed by atoms with Gasteiger partial charge in [0.2, 0.25) is 0 Å². The van der Waals surface area contributed by atoms with Gasteiger partial charge in [-0.3, -0.25) is 0 Å². The third kappa shape index (κ3) is 5.22. The average Bonchev–Trinajstić information content (AvgIpc) is 2.93. The summed E-state index contributed by atoms with van der Waals surface area (Å²) in [5.74, 6) is -0.343. The Morgan fingerprint density at radius 3 is 2.00 bits per heavy atom. The maximum atomic E-state index is 11.1. The first-order chi connectivity index (χ1) is 18.4. The first kappa shape index (κ1) is 25.7. The van der Waals surface area contributed by atoms with Gasteiger partial charge in [0.15, 0.2) is 0 Å². The summed E-state index contributed by atoms with van der Waals surface area (Å²) in [7, 11) is 0. The van der Waals surface area contributed by atoms with Crippen molar-refractivity contribution in [2.75, 3.05) is 6.61 Å². The molecule has 5 aromatic carbocycles. The van der Waals surface area contributed by atoms with E-state index in [-0.39, 0.29) is 11.4 Å². The van der Waals surface area contributed by atoms with Crippen LogP contribution >= 0.6 is 0 Å². The largest absolute Gasteiger partial charge is 0.463 e. The van der Waals surface area contributed by atoms with Crippen molar-refractivity contribution in [3.63, 3.8) is 0 Å². The van der Waals surface area contributed by atoms with Crippen LogP contribution in [0, 0.1) is 0 Å². The zero-order valence-electron chi connectivity index (χ0n) is 22.7. The molecule has 0 bridgehead atoms. The van der Waals surface area contributed by atoms with Crippen molar-refractivity contribution < 1.29 is 9.53 Å². The quantitative estimate of drug-likeness (QED) is 0.0917. The van der Waals surface area contributed by atoms with E-state index in [1.165, 1.54) is 60.6 Å². The molecular weight excluding hydrogens is 464 g/mol. The highest BCUT2D eigenvalue weighted by Crippen LogP contribution is 2.41. The molecule has 5 rings (SSSR count). The van der Waals surface area contributed by atoms with Crippen molar-refractivity contribution in [2.45, 2.75) is 51.9 Å². The van der Waals surface area contributed by atoms with Crippen LogP contribution in [-0.4, -0.2) is 12.6 Å². The van der Waals surface area contributed by atoms with Gasteiger partial charge in [0.1, 0.15) is 0 Å². The Morgan fingerprint density at radius 1 is 0.737 bits per heavy atom. The monoisotopic (exact) mass is 500 g/mol. The van der Waals surface area contributed by atoms with Crippen LogP contribution in [0.2, 0.25) is 0 Å². The van der Waals surface area contributed by atoms with Gasteiger partial charge in [-0.05, 0) is 97.8 Å². The Hall–Kier alpha value is -3.91. The van der Waals surface area contributed by atoms with Crippen molar-refractivity contribution in [3.05, 3.63) is 109 Å². The Balaban J connectivity index is 1.49. The summed E-state index contributed by atoms with van der Waals surface area (Å²) < 4.78 is 5.07. The first-order valence-electron chi connectivity index (χ1n) is 13.6. The lowest BCUT2D eigenvalue weighted by molar-refractivity contribution is -0.137. The van der Waals surface area contributed by atoms with Crippen LogP contribution in [0.4, 0.5) is 0 Å². The Morgan fingerprint density at radius 2 is 1.34 bits per heavy atom. The standard InChI is InChI=1S/C36H36O2/c1-5-35(37)38-22-12-6-7-13-25-18-20-26(21-19-25)31-23-32-29-16-10-11-17-30(29)34(36(2,3)4)24-33(32)28-15-9-8-14-27(28)31/h5,8-11,14-21,23-24H,1,6-7,12-13,22H2,2-4H3. The molecule has 0 atom stereocenters. The molecule has 0 radical (unpaired) electrons. The van der Waals surface area contributed by atoms with Crippen molar-refractivity contribution in [2.24, 2.45) is 0 Å². The van der Waals surface area contributed by atoms with Gasteiger partial charge in [-0.15, -0.1) is 0 Å². The zero-order chi connectivity index (χ0) is 26.7. The fourth-order valence-corrected chi connectivity index (χ4v) is 5.50. The molecule has 0 N–H and O–H groups in total. The van der Waals surface area contributed by atoms with Gasteiger partial charge >= 0.3 is 5.97 Å².